The first-order chi connectivity index (χ1) is 12.4. The number of nitrogens with two attached hydrogens (primary N) is 1. The fraction of sp³-hybridized carbons (Fsp3) is 0.611. The average Bonchev–Trinajstić information content (AvgIpc) is 3.36. The molecule has 7 heteroatoms. The van der Waals surface area contributed by atoms with E-state index >= 15 is 0 Å². The highest BCUT2D eigenvalue weighted by Gasteiger charge is 2.19. The van der Waals surface area contributed by atoms with E-state index in [4.69, 9.17) is 0 Å². The van der Waals surface area contributed by atoms with Crippen LogP contribution in [0.3, 0.4) is 0 Å². The Hall–Kier alpha value is -2.15. The monoisotopic (exact) mass is 343 g/mol. The van der Waals surface area contributed by atoms with Crippen LogP contribution < -0.4 is 16.0 Å². The molecular weight excluding hydrogens is 314 g/mol. The van der Waals surface area contributed by atoms with E-state index in [9.17, 15) is 0 Å². The van der Waals surface area contributed by atoms with Gasteiger partial charge in [-0.15, -0.1) is 0 Å². The Kier molecular flexibility index (Phi) is 6.22. The predicted molar refractivity (Wildman–Crippen MR) is 101 cm³/mol. The molecule has 1 aliphatic heterocycles. The van der Waals surface area contributed by atoms with Gasteiger partial charge in [-0.3, -0.25) is 5.10 Å². The van der Waals surface area contributed by atoms with Gasteiger partial charge >= 0.3 is 0 Å². The van der Waals surface area contributed by atoms with Crippen molar-refractivity contribution in [3.8, 4) is 0 Å². The Balaban J connectivity index is 0.000000880. The van der Waals surface area contributed by atoms with E-state index in [1.807, 2.05) is 12.3 Å². The van der Waals surface area contributed by atoms with Gasteiger partial charge in [-0.2, -0.15) is 10.1 Å². The van der Waals surface area contributed by atoms with Gasteiger partial charge in [-0.25, -0.2) is 4.98 Å². The Bertz CT molecular complexity index is 642. The number of piperidine rings is 1. The summed E-state index contributed by atoms with van der Waals surface area (Å²) in [6, 6.07) is 4.02. The highest BCUT2D eigenvalue weighted by Crippen LogP contribution is 2.34. The lowest BCUT2D eigenvalue weighted by atomic mass is 10.0. The smallest absolute Gasteiger partial charge is 0.227 e. The van der Waals surface area contributed by atoms with Gasteiger partial charge in [0.1, 0.15) is 5.82 Å². The van der Waals surface area contributed by atoms with E-state index < -0.39 is 0 Å². The first kappa shape index (κ1) is 17.7. The van der Waals surface area contributed by atoms with Crippen molar-refractivity contribution in [2.75, 3.05) is 30.4 Å². The van der Waals surface area contributed by atoms with Crippen LogP contribution in [0, 0.1) is 0 Å². The molecule has 1 saturated heterocycles. The van der Waals surface area contributed by atoms with Gasteiger partial charge in [0.05, 0.1) is 0 Å². The average molecular weight is 343 g/mol. The van der Waals surface area contributed by atoms with Gasteiger partial charge in [-0.1, -0.05) is 12.8 Å². The SMILES string of the molecule is CN.c1cc(Nc2cc(C3CCCC3)[nH]n2)nc(N2CCCCC2)n1. The summed E-state index contributed by atoms with van der Waals surface area (Å²) in [5.74, 6) is 3.12. The highest BCUT2D eigenvalue weighted by molar-refractivity contribution is 5.53. The molecule has 0 aromatic carbocycles. The van der Waals surface area contributed by atoms with Crippen molar-refractivity contribution >= 4 is 17.6 Å². The standard InChI is InChI=1S/C17H24N6.CH5N/c1-4-10-23(11-5-1)17-18-9-8-15(20-17)19-16-12-14(21-22-16)13-6-2-3-7-13;1-2/h8-9,12-13H,1-7,10-11H2,(H2,18,19,20,21,22);2H2,1H3. The number of H-pyrrole nitrogens is 1. The summed E-state index contributed by atoms with van der Waals surface area (Å²) >= 11 is 0. The molecular formula is C18H29N7. The molecule has 25 heavy (non-hydrogen) atoms. The van der Waals surface area contributed by atoms with Gasteiger partial charge in [0.15, 0.2) is 5.82 Å². The fourth-order valence-electron chi connectivity index (χ4n) is 3.64. The number of rotatable bonds is 4. The molecule has 0 unspecified atom stereocenters. The van der Waals surface area contributed by atoms with E-state index in [0.717, 1.165) is 30.7 Å². The quantitative estimate of drug-likeness (QED) is 0.789. The summed E-state index contributed by atoms with van der Waals surface area (Å²) in [7, 11) is 1.50. The molecule has 0 amide bonds. The Morgan fingerprint density at radius 3 is 2.60 bits per heavy atom. The minimum Gasteiger partial charge on any atom is -0.341 e. The second-order valence-electron chi connectivity index (χ2n) is 6.60. The minimum atomic E-state index is 0.646. The molecule has 0 atom stereocenters. The third kappa shape index (κ3) is 4.48. The maximum absolute atomic E-state index is 4.65. The molecule has 4 N–H and O–H groups in total. The van der Waals surface area contributed by atoms with Gasteiger partial charge in [0.25, 0.3) is 0 Å². The first-order valence-corrected chi connectivity index (χ1v) is 9.36. The number of aromatic nitrogens is 4. The summed E-state index contributed by atoms with van der Waals surface area (Å²) in [5.41, 5.74) is 5.75. The zero-order valence-electron chi connectivity index (χ0n) is 15.0. The molecule has 0 spiro atoms. The molecule has 1 aliphatic carbocycles. The molecule has 1 saturated carbocycles. The Labute approximate surface area is 149 Å². The molecule has 3 heterocycles. The molecule has 136 valence electrons. The van der Waals surface area contributed by atoms with E-state index in [-0.39, 0.29) is 0 Å². The molecule has 2 aromatic heterocycles. The second kappa shape index (κ2) is 8.80. The van der Waals surface area contributed by atoms with Crippen LogP contribution in [0.2, 0.25) is 0 Å². The van der Waals surface area contributed by atoms with Crippen molar-refractivity contribution < 1.29 is 0 Å². The van der Waals surface area contributed by atoms with E-state index in [0.29, 0.717) is 5.92 Å². The maximum Gasteiger partial charge on any atom is 0.227 e. The molecule has 2 aliphatic rings. The van der Waals surface area contributed by atoms with Crippen molar-refractivity contribution in [2.24, 2.45) is 5.73 Å². The summed E-state index contributed by atoms with van der Waals surface area (Å²) < 4.78 is 0. The third-order valence-electron chi connectivity index (χ3n) is 4.93. The van der Waals surface area contributed by atoms with Crippen molar-refractivity contribution in [3.05, 3.63) is 24.0 Å². The molecule has 4 rings (SSSR count). The molecule has 0 bridgehead atoms. The lowest BCUT2D eigenvalue weighted by Crippen LogP contribution is -2.31. The molecule has 2 aromatic rings. The van der Waals surface area contributed by atoms with Crippen LogP contribution in [0.1, 0.15) is 56.6 Å². The summed E-state index contributed by atoms with van der Waals surface area (Å²) in [6.07, 6.45) is 10.8. The van der Waals surface area contributed by atoms with Crippen LogP contribution in [0.4, 0.5) is 17.6 Å². The predicted octanol–water partition coefficient (Wildman–Crippen LogP) is 3.17. The van der Waals surface area contributed by atoms with Crippen molar-refractivity contribution in [2.45, 2.75) is 50.9 Å². The zero-order valence-corrected chi connectivity index (χ0v) is 15.0. The van der Waals surface area contributed by atoms with Gasteiger partial charge in [0.2, 0.25) is 5.95 Å². The van der Waals surface area contributed by atoms with E-state index in [1.165, 1.54) is 57.7 Å². The van der Waals surface area contributed by atoms with Gasteiger partial charge in [-0.05, 0) is 45.2 Å². The van der Waals surface area contributed by atoms with Crippen LogP contribution >= 0.6 is 0 Å². The first-order valence-electron chi connectivity index (χ1n) is 9.36. The van der Waals surface area contributed by atoms with Crippen LogP contribution in [0.5, 0.6) is 0 Å². The Morgan fingerprint density at radius 2 is 1.84 bits per heavy atom. The van der Waals surface area contributed by atoms with Crippen molar-refractivity contribution in [1.82, 2.24) is 20.2 Å². The normalized spacial score (nSPS) is 17.9. The number of nitrogens with zero attached hydrogens (tertiary/aromatic N) is 4. The van der Waals surface area contributed by atoms with Crippen molar-refractivity contribution in [3.63, 3.8) is 0 Å². The third-order valence-corrected chi connectivity index (χ3v) is 4.93. The summed E-state index contributed by atoms with van der Waals surface area (Å²) in [6.45, 7) is 2.11. The summed E-state index contributed by atoms with van der Waals surface area (Å²) in [4.78, 5) is 11.3. The van der Waals surface area contributed by atoms with E-state index in [1.54, 1.807) is 0 Å². The van der Waals surface area contributed by atoms with Crippen LogP contribution in [0.25, 0.3) is 0 Å². The van der Waals surface area contributed by atoms with Gasteiger partial charge in [0, 0.05) is 37.0 Å². The highest BCUT2D eigenvalue weighted by atomic mass is 15.3. The number of anilines is 3. The maximum atomic E-state index is 4.65. The Morgan fingerprint density at radius 1 is 1.08 bits per heavy atom. The minimum absolute atomic E-state index is 0.646. The largest absolute Gasteiger partial charge is 0.341 e. The lowest BCUT2D eigenvalue weighted by molar-refractivity contribution is 0.568. The summed E-state index contributed by atoms with van der Waals surface area (Å²) in [5, 5.41) is 10.9. The number of hydrogen-bond acceptors (Lipinski definition) is 6. The number of aromatic amines is 1. The topological polar surface area (TPSA) is 95.7 Å². The zero-order chi connectivity index (χ0) is 17.5. The van der Waals surface area contributed by atoms with Crippen LogP contribution in [0.15, 0.2) is 18.3 Å². The molecule has 7 nitrogen and oxygen atoms in total. The van der Waals surface area contributed by atoms with Crippen molar-refractivity contribution in [1.29, 1.82) is 0 Å². The molecule has 2 fully saturated rings. The second-order valence-corrected chi connectivity index (χ2v) is 6.60. The van der Waals surface area contributed by atoms with E-state index in [2.05, 4.69) is 42.2 Å². The lowest BCUT2D eigenvalue weighted by Gasteiger charge is -2.26. The fourth-order valence-corrected chi connectivity index (χ4v) is 3.64. The van der Waals surface area contributed by atoms with Gasteiger partial charge < -0.3 is 16.0 Å². The van der Waals surface area contributed by atoms with Crippen LogP contribution in [-0.4, -0.2) is 40.3 Å². The number of hydrogen-bond donors (Lipinski definition) is 3. The molecule has 0 radical (unpaired) electrons. The number of nitrogens with one attached hydrogen (secondary N) is 2. The van der Waals surface area contributed by atoms with Crippen LogP contribution in [-0.2, 0) is 0 Å².